The summed E-state index contributed by atoms with van der Waals surface area (Å²) in [5.74, 6) is 5.03. The Labute approximate surface area is 163 Å². The Bertz CT molecular complexity index is 505. The molecule has 0 aliphatic heterocycles. The first-order chi connectivity index (χ1) is 12.6. The summed E-state index contributed by atoms with van der Waals surface area (Å²) in [5, 5.41) is 8.88. The van der Waals surface area contributed by atoms with Gasteiger partial charge in [0.15, 0.2) is 0 Å². The van der Waals surface area contributed by atoms with Gasteiger partial charge in [-0.05, 0) is 105 Å². The van der Waals surface area contributed by atoms with Crippen LogP contribution in [0.15, 0.2) is 0 Å². The van der Waals surface area contributed by atoms with E-state index in [-0.39, 0.29) is 0 Å². The predicted octanol–water partition coefficient (Wildman–Crippen LogP) is 7.76. The molecule has 4 fully saturated rings. The minimum atomic E-state index is 0.606. The van der Waals surface area contributed by atoms with Crippen LogP contribution in [0.3, 0.4) is 0 Å². The van der Waals surface area contributed by atoms with E-state index in [2.05, 4.69) is 19.9 Å². The zero-order chi connectivity index (χ0) is 18.8. The van der Waals surface area contributed by atoms with Crippen molar-refractivity contribution in [2.45, 2.75) is 111 Å². The van der Waals surface area contributed by atoms with Crippen molar-refractivity contribution >= 4 is 0 Å². The lowest BCUT2D eigenvalue weighted by atomic mass is 9.45. The van der Waals surface area contributed by atoms with Crippen LogP contribution in [0.2, 0.25) is 0 Å². The summed E-state index contributed by atoms with van der Waals surface area (Å²) in [5.41, 5.74) is 1.29. The van der Waals surface area contributed by atoms with Gasteiger partial charge in [-0.2, -0.15) is 5.26 Å². The smallest absolute Gasteiger partial charge is 0.0621 e. The Balaban J connectivity index is 0.000000948. The third kappa shape index (κ3) is 3.25. The van der Waals surface area contributed by atoms with Crippen molar-refractivity contribution in [1.29, 1.82) is 5.26 Å². The fourth-order valence-electron chi connectivity index (χ4n) is 8.31. The number of rotatable bonds is 3. The molecular formula is C25H43N. The molecule has 148 valence electrons. The second kappa shape index (κ2) is 8.24. The fraction of sp³-hybridized carbons (Fsp3) is 0.960. The number of nitrogens with zero attached hydrogens (tertiary/aromatic N) is 1. The fourth-order valence-corrected chi connectivity index (χ4v) is 8.31. The highest BCUT2D eigenvalue weighted by atomic mass is 14.6. The highest BCUT2D eigenvalue weighted by Gasteiger charge is 2.59. The Morgan fingerprint density at radius 1 is 0.846 bits per heavy atom. The average molecular weight is 358 g/mol. The largest absolute Gasteiger partial charge is 0.198 e. The normalized spacial score (nSPS) is 46.8. The maximum absolute atomic E-state index is 8.88. The van der Waals surface area contributed by atoms with Gasteiger partial charge in [0, 0.05) is 6.42 Å². The van der Waals surface area contributed by atoms with E-state index in [9.17, 15) is 0 Å². The molecule has 0 aromatic carbocycles. The molecule has 1 nitrogen and oxygen atoms in total. The Morgan fingerprint density at radius 3 is 2.38 bits per heavy atom. The molecule has 4 aliphatic rings. The second-order valence-electron chi connectivity index (χ2n) is 10.3. The van der Waals surface area contributed by atoms with Gasteiger partial charge in [0.25, 0.3) is 0 Å². The van der Waals surface area contributed by atoms with Gasteiger partial charge in [-0.25, -0.2) is 0 Å². The van der Waals surface area contributed by atoms with Crippen LogP contribution in [0, 0.1) is 51.8 Å². The molecule has 7 unspecified atom stereocenters. The maximum Gasteiger partial charge on any atom is 0.0621 e. The topological polar surface area (TPSA) is 23.8 Å². The van der Waals surface area contributed by atoms with Crippen LogP contribution in [0.25, 0.3) is 0 Å². The minimum Gasteiger partial charge on any atom is -0.198 e. The summed E-state index contributed by atoms with van der Waals surface area (Å²) in [4.78, 5) is 0. The van der Waals surface area contributed by atoms with Gasteiger partial charge in [-0.15, -0.1) is 0 Å². The quantitative estimate of drug-likeness (QED) is 0.473. The molecule has 0 aromatic heterocycles. The average Bonchev–Trinajstić information content (AvgIpc) is 3.00. The highest BCUT2D eigenvalue weighted by Crippen LogP contribution is 2.67. The van der Waals surface area contributed by atoms with Crippen molar-refractivity contribution < 1.29 is 0 Å². The summed E-state index contributed by atoms with van der Waals surface area (Å²) in [6.45, 7) is 9.34. The monoisotopic (exact) mass is 357 g/mol. The van der Waals surface area contributed by atoms with Crippen molar-refractivity contribution in [2.24, 2.45) is 40.4 Å². The molecule has 7 atom stereocenters. The van der Waals surface area contributed by atoms with E-state index in [0.29, 0.717) is 10.8 Å². The van der Waals surface area contributed by atoms with E-state index in [1.807, 2.05) is 13.8 Å². The minimum absolute atomic E-state index is 0.606. The van der Waals surface area contributed by atoms with E-state index in [1.165, 1.54) is 70.6 Å². The standard InChI is InChI=1S/C23H37N.C2H6/c1-22-14-5-3-7-17(22)9-11-19-20-12-10-18(8-4-6-16-24)23(20,2)15-13-21(19)22;1-2/h17-21H,3-15H2,1-2H3;1-2H3. The third-order valence-corrected chi connectivity index (χ3v) is 9.62. The molecule has 0 N–H and O–H groups in total. The number of nitriles is 1. The van der Waals surface area contributed by atoms with E-state index < -0.39 is 0 Å². The summed E-state index contributed by atoms with van der Waals surface area (Å²) in [6.07, 6.45) is 18.3. The Kier molecular flexibility index (Phi) is 6.41. The Hall–Kier alpha value is -0.510. The maximum atomic E-state index is 8.88. The van der Waals surface area contributed by atoms with Crippen molar-refractivity contribution in [2.75, 3.05) is 0 Å². The third-order valence-electron chi connectivity index (χ3n) is 9.62. The lowest BCUT2D eigenvalue weighted by molar-refractivity contribution is -0.111. The number of hydrogen-bond donors (Lipinski definition) is 0. The van der Waals surface area contributed by atoms with Crippen molar-refractivity contribution in [3.8, 4) is 6.07 Å². The van der Waals surface area contributed by atoms with E-state index >= 15 is 0 Å². The summed E-state index contributed by atoms with van der Waals surface area (Å²) in [7, 11) is 0. The number of fused-ring (bicyclic) bond motifs is 5. The molecular weight excluding hydrogens is 314 g/mol. The molecule has 1 heteroatoms. The molecule has 26 heavy (non-hydrogen) atoms. The molecule has 0 heterocycles. The zero-order valence-electron chi connectivity index (χ0n) is 18.0. The van der Waals surface area contributed by atoms with Gasteiger partial charge in [-0.3, -0.25) is 0 Å². The van der Waals surface area contributed by atoms with Crippen LogP contribution in [0.4, 0.5) is 0 Å². The summed E-state index contributed by atoms with van der Waals surface area (Å²) < 4.78 is 0. The summed E-state index contributed by atoms with van der Waals surface area (Å²) in [6, 6.07) is 2.36. The number of unbranched alkanes of at least 4 members (excludes halogenated alkanes) is 1. The van der Waals surface area contributed by atoms with Gasteiger partial charge in [0.1, 0.15) is 0 Å². The summed E-state index contributed by atoms with van der Waals surface area (Å²) >= 11 is 0. The van der Waals surface area contributed by atoms with E-state index in [0.717, 1.165) is 42.4 Å². The first-order valence-corrected chi connectivity index (χ1v) is 12.0. The second-order valence-corrected chi connectivity index (χ2v) is 10.3. The predicted molar refractivity (Wildman–Crippen MR) is 111 cm³/mol. The van der Waals surface area contributed by atoms with Crippen molar-refractivity contribution in [3.05, 3.63) is 0 Å². The zero-order valence-corrected chi connectivity index (χ0v) is 18.0. The SMILES string of the molecule is CC.CC12CCCCC1CCC1C2CCC2(C)C(CCCC#N)CCC12. The van der Waals surface area contributed by atoms with Crippen LogP contribution < -0.4 is 0 Å². The molecule has 0 radical (unpaired) electrons. The molecule has 0 bridgehead atoms. The lowest BCUT2D eigenvalue weighted by Crippen LogP contribution is -2.52. The molecule has 4 rings (SSSR count). The van der Waals surface area contributed by atoms with Gasteiger partial charge >= 0.3 is 0 Å². The van der Waals surface area contributed by atoms with Crippen LogP contribution in [-0.2, 0) is 0 Å². The molecule has 0 aromatic rings. The van der Waals surface area contributed by atoms with Crippen LogP contribution in [0.5, 0.6) is 0 Å². The van der Waals surface area contributed by atoms with Gasteiger partial charge in [-0.1, -0.05) is 40.5 Å². The van der Waals surface area contributed by atoms with Gasteiger partial charge in [0.05, 0.1) is 6.07 Å². The molecule has 4 aliphatic carbocycles. The van der Waals surface area contributed by atoms with Crippen LogP contribution >= 0.6 is 0 Å². The first kappa shape index (κ1) is 20.2. The van der Waals surface area contributed by atoms with Crippen molar-refractivity contribution in [3.63, 3.8) is 0 Å². The Morgan fingerprint density at radius 2 is 1.62 bits per heavy atom. The first-order valence-electron chi connectivity index (χ1n) is 12.0. The van der Waals surface area contributed by atoms with E-state index in [1.54, 1.807) is 0 Å². The molecule has 4 saturated carbocycles. The molecule has 0 spiro atoms. The van der Waals surface area contributed by atoms with Crippen molar-refractivity contribution in [1.82, 2.24) is 0 Å². The van der Waals surface area contributed by atoms with Crippen LogP contribution in [-0.4, -0.2) is 0 Å². The molecule has 0 saturated heterocycles. The van der Waals surface area contributed by atoms with Crippen LogP contribution in [0.1, 0.15) is 111 Å². The van der Waals surface area contributed by atoms with Gasteiger partial charge in [0.2, 0.25) is 0 Å². The lowest BCUT2D eigenvalue weighted by Gasteiger charge is -2.60. The number of hydrogen-bond acceptors (Lipinski definition) is 1. The highest BCUT2D eigenvalue weighted by molar-refractivity contribution is 5.08. The van der Waals surface area contributed by atoms with E-state index in [4.69, 9.17) is 5.26 Å². The van der Waals surface area contributed by atoms with Gasteiger partial charge < -0.3 is 0 Å². The molecule has 0 amide bonds.